The van der Waals surface area contributed by atoms with Crippen LogP contribution in [0.1, 0.15) is 23.2 Å². The summed E-state index contributed by atoms with van der Waals surface area (Å²) in [5, 5.41) is 3.21. The predicted molar refractivity (Wildman–Crippen MR) is 94.3 cm³/mol. The summed E-state index contributed by atoms with van der Waals surface area (Å²) in [4.78, 5) is 24.3. The van der Waals surface area contributed by atoms with Gasteiger partial charge in [0.15, 0.2) is 5.78 Å². The standard InChI is InChI=1S/C17H15BrClNO3/c1-23-16-8-6-11(19)10-12(16)15(21)7-9-17(22)20-14-5-3-2-4-13(14)18/h2-6,8,10H,7,9H2,1H3,(H,20,22). The number of benzene rings is 2. The molecule has 0 atom stereocenters. The van der Waals surface area contributed by atoms with Crippen LogP contribution < -0.4 is 10.1 Å². The van der Waals surface area contributed by atoms with Crippen molar-refractivity contribution < 1.29 is 14.3 Å². The zero-order chi connectivity index (χ0) is 16.8. The number of ketones is 1. The van der Waals surface area contributed by atoms with E-state index in [-0.39, 0.29) is 24.5 Å². The van der Waals surface area contributed by atoms with E-state index < -0.39 is 0 Å². The first-order valence-electron chi connectivity index (χ1n) is 6.92. The monoisotopic (exact) mass is 395 g/mol. The molecule has 0 aliphatic rings. The molecule has 0 aliphatic heterocycles. The summed E-state index contributed by atoms with van der Waals surface area (Å²) in [5.41, 5.74) is 1.05. The first-order valence-corrected chi connectivity index (χ1v) is 8.09. The van der Waals surface area contributed by atoms with Crippen molar-refractivity contribution in [2.75, 3.05) is 12.4 Å². The molecular weight excluding hydrogens is 382 g/mol. The lowest BCUT2D eigenvalue weighted by molar-refractivity contribution is -0.116. The van der Waals surface area contributed by atoms with Crippen molar-refractivity contribution in [2.45, 2.75) is 12.8 Å². The van der Waals surface area contributed by atoms with Gasteiger partial charge in [0.05, 0.1) is 18.4 Å². The lowest BCUT2D eigenvalue weighted by Crippen LogP contribution is -2.14. The fourth-order valence-electron chi connectivity index (χ4n) is 2.04. The highest BCUT2D eigenvalue weighted by Gasteiger charge is 2.15. The van der Waals surface area contributed by atoms with Crippen LogP contribution >= 0.6 is 27.5 Å². The Morgan fingerprint density at radius 3 is 2.61 bits per heavy atom. The first kappa shape index (κ1) is 17.5. The molecule has 0 aromatic heterocycles. The Morgan fingerprint density at radius 1 is 1.17 bits per heavy atom. The number of para-hydroxylation sites is 1. The van der Waals surface area contributed by atoms with Crippen molar-refractivity contribution >= 4 is 44.9 Å². The van der Waals surface area contributed by atoms with Crippen molar-refractivity contribution in [1.82, 2.24) is 0 Å². The van der Waals surface area contributed by atoms with Crippen molar-refractivity contribution in [3.63, 3.8) is 0 Å². The maximum absolute atomic E-state index is 12.3. The molecule has 23 heavy (non-hydrogen) atoms. The van der Waals surface area contributed by atoms with Crippen LogP contribution in [0.5, 0.6) is 5.75 Å². The highest BCUT2D eigenvalue weighted by molar-refractivity contribution is 9.10. The highest BCUT2D eigenvalue weighted by atomic mass is 79.9. The molecule has 6 heteroatoms. The third-order valence-electron chi connectivity index (χ3n) is 3.19. The van der Waals surface area contributed by atoms with Crippen LogP contribution in [0.3, 0.4) is 0 Å². The first-order chi connectivity index (χ1) is 11.0. The molecule has 2 aromatic carbocycles. The number of halogens is 2. The van der Waals surface area contributed by atoms with Crippen LogP contribution in [0.2, 0.25) is 5.02 Å². The van der Waals surface area contributed by atoms with Gasteiger partial charge >= 0.3 is 0 Å². The molecule has 0 saturated carbocycles. The van der Waals surface area contributed by atoms with Crippen LogP contribution in [0, 0.1) is 0 Å². The van der Waals surface area contributed by atoms with Gasteiger partial charge in [-0.2, -0.15) is 0 Å². The fraction of sp³-hybridized carbons (Fsp3) is 0.176. The Kier molecular flexibility index (Phi) is 6.19. The summed E-state index contributed by atoms with van der Waals surface area (Å²) in [6.07, 6.45) is 0.156. The molecule has 0 saturated heterocycles. The average Bonchev–Trinajstić information content (AvgIpc) is 2.54. The van der Waals surface area contributed by atoms with Gasteiger partial charge in [0.2, 0.25) is 5.91 Å². The molecule has 2 rings (SSSR count). The second-order valence-corrected chi connectivity index (χ2v) is 6.09. The summed E-state index contributed by atoms with van der Waals surface area (Å²) in [6.45, 7) is 0. The normalized spacial score (nSPS) is 10.2. The Balaban J connectivity index is 1.98. The van der Waals surface area contributed by atoms with Gasteiger partial charge in [-0.05, 0) is 46.3 Å². The molecule has 0 bridgehead atoms. The lowest BCUT2D eigenvalue weighted by Gasteiger charge is -2.09. The number of Topliss-reactive ketones (excluding diaryl/α,β-unsaturated/α-hetero) is 1. The third kappa shape index (κ3) is 4.81. The van der Waals surface area contributed by atoms with Crippen LogP contribution in [0.4, 0.5) is 5.69 Å². The molecule has 1 N–H and O–H groups in total. The van der Waals surface area contributed by atoms with Crippen LogP contribution in [-0.2, 0) is 4.79 Å². The second kappa shape index (κ2) is 8.13. The quantitative estimate of drug-likeness (QED) is 0.719. The number of methoxy groups -OCH3 is 1. The molecule has 0 spiro atoms. The molecule has 120 valence electrons. The van der Waals surface area contributed by atoms with Crippen molar-refractivity contribution in [3.8, 4) is 5.75 Å². The molecule has 4 nitrogen and oxygen atoms in total. The van der Waals surface area contributed by atoms with E-state index in [1.165, 1.54) is 7.11 Å². The van der Waals surface area contributed by atoms with Crippen LogP contribution in [0.25, 0.3) is 0 Å². The predicted octanol–water partition coefficient (Wildman–Crippen LogP) is 4.71. The maximum atomic E-state index is 12.3. The van der Waals surface area contributed by atoms with Crippen LogP contribution in [-0.4, -0.2) is 18.8 Å². The van der Waals surface area contributed by atoms with Gasteiger partial charge in [-0.3, -0.25) is 9.59 Å². The Morgan fingerprint density at radius 2 is 1.91 bits per heavy atom. The van der Waals surface area contributed by atoms with Gasteiger partial charge in [-0.15, -0.1) is 0 Å². The minimum Gasteiger partial charge on any atom is -0.496 e. The van der Waals surface area contributed by atoms with Gasteiger partial charge in [0.25, 0.3) is 0 Å². The fourth-order valence-corrected chi connectivity index (χ4v) is 2.59. The van der Waals surface area contributed by atoms with E-state index in [2.05, 4.69) is 21.2 Å². The number of rotatable bonds is 6. The summed E-state index contributed by atoms with van der Waals surface area (Å²) >= 11 is 9.27. The Hall–Kier alpha value is -1.85. The van der Waals surface area contributed by atoms with Gasteiger partial charge < -0.3 is 10.1 Å². The van der Waals surface area contributed by atoms with E-state index >= 15 is 0 Å². The van der Waals surface area contributed by atoms with Crippen LogP contribution in [0.15, 0.2) is 46.9 Å². The minimum absolute atomic E-state index is 0.0764. The molecule has 0 aliphatic carbocycles. The zero-order valence-electron chi connectivity index (χ0n) is 12.4. The summed E-state index contributed by atoms with van der Waals surface area (Å²) < 4.78 is 5.94. The number of amides is 1. The number of carbonyl (C=O) groups excluding carboxylic acids is 2. The topological polar surface area (TPSA) is 55.4 Å². The lowest BCUT2D eigenvalue weighted by atomic mass is 10.1. The van der Waals surface area contributed by atoms with Crippen molar-refractivity contribution in [3.05, 3.63) is 57.5 Å². The van der Waals surface area contributed by atoms with Gasteiger partial charge in [-0.1, -0.05) is 23.7 Å². The van der Waals surface area contributed by atoms with Crippen molar-refractivity contribution in [2.24, 2.45) is 0 Å². The number of hydrogen-bond acceptors (Lipinski definition) is 3. The number of carbonyl (C=O) groups is 2. The smallest absolute Gasteiger partial charge is 0.224 e. The zero-order valence-corrected chi connectivity index (χ0v) is 14.8. The van der Waals surface area contributed by atoms with E-state index in [1.807, 2.05) is 18.2 Å². The van der Waals surface area contributed by atoms with E-state index in [0.29, 0.717) is 22.0 Å². The number of hydrogen-bond donors (Lipinski definition) is 1. The van der Waals surface area contributed by atoms with E-state index in [0.717, 1.165) is 4.47 Å². The Bertz CT molecular complexity index is 734. The van der Waals surface area contributed by atoms with Gasteiger partial charge in [-0.25, -0.2) is 0 Å². The molecule has 0 heterocycles. The van der Waals surface area contributed by atoms with E-state index in [1.54, 1.807) is 24.3 Å². The largest absolute Gasteiger partial charge is 0.496 e. The summed E-state index contributed by atoms with van der Waals surface area (Å²) in [7, 11) is 1.49. The Labute approximate surface area is 147 Å². The van der Waals surface area contributed by atoms with Gasteiger partial charge in [0, 0.05) is 22.3 Å². The molecule has 2 aromatic rings. The van der Waals surface area contributed by atoms with E-state index in [4.69, 9.17) is 16.3 Å². The molecule has 0 radical (unpaired) electrons. The second-order valence-electron chi connectivity index (χ2n) is 4.80. The third-order valence-corrected chi connectivity index (χ3v) is 4.12. The average molecular weight is 397 g/mol. The van der Waals surface area contributed by atoms with Gasteiger partial charge in [0.1, 0.15) is 5.75 Å². The summed E-state index contributed by atoms with van der Waals surface area (Å²) in [5.74, 6) is 0.0310. The number of nitrogens with one attached hydrogen (secondary N) is 1. The maximum Gasteiger partial charge on any atom is 0.224 e. The highest BCUT2D eigenvalue weighted by Crippen LogP contribution is 2.25. The SMILES string of the molecule is COc1ccc(Cl)cc1C(=O)CCC(=O)Nc1ccccc1Br. The van der Waals surface area contributed by atoms with E-state index in [9.17, 15) is 9.59 Å². The molecule has 0 fully saturated rings. The van der Waals surface area contributed by atoms with Crippen molar-refractivity contribution in [1.29, 1.82) is 0 Å². The minimum atomic E-state index is -0.230. The molecule has 0 unspecified atom stereocenters. The molecular formula is C17H15BrClNO3. The number of anilines is 1. The number of ether oxygens (including phenoxy) is 1. The molecule has 1 amide bonds. The summed E-state index contributed by atoms with van der Waals surface area (Å²) in [6, 6.07) is 12.1.